The largest absolute Gasteiger partial charge is 0.508 e. The number of pyridine rings is 1. The molecular formula is C21H21ClN6O. The van der Waals surface area contributed by atoms with Crippen LogP contribution >= 0.6 is 11.6 Å². The SMILES string of the molecule is CC(C)n1cnc2c(NCCc3ccccc3O)nc(-c3cncc(Cl)c3)nc21. The number of aromatic hydroxyl groups is 1. The Balaban J connectivity index is 1.70. The molecule has 0 fully saturated rings. The van der Waals surface area contributed by atoms with Gasteiger partial charge in [-0.3, -0.25) is 4.98 Å². The Labute approximate surface area is 173 Å². The number of imidazole rings is 1. The summed E-state index contributed by atoms with van der Waals surface area (Å²) in [6.45, 7) is 4.75. The van der Waals surface area contributed by atoms with Crippen molar-refractivity contribution < 1.29 is 5.11 Å². The van der Waals surface area contributed by atoms with Crippen molar-refractivity contribution in [3.05, 3.63) is 59.6 Å². The summed E-state index contributed by atoms with van der Waals surface area (Å²) in [5, 5.41) is 13.8. The molecule has 0 unspecified atom stereocenters. The van der Waals surface area contributed by atoms with E-state index in [1.165, 1.54) is 0 Å². The summed E-state index contributed by atoms with van der Waals surface area (Å²) in [6.07, 6.45) is 5.69. The van der Waals surface area contributed by atoms with Crippen LogP contribution in [0.15, 0.2) is 49.1 Å². The fourth-order valence-corrected chi connectivity index (χ4v) is 3.29. The number of fused-ring (bicyclic) bond motifs is 1. The molecule has 0 atom stereocenters. The second-order valence-corrected chi connectivity index (χ2v) is 7.45. The molecule has 4 rings (SSSR count). The predicted octanol–water partition coefficient (Wildman–Crippen LogP) is 4.48. The average Bonchev–Trinajstić information content (AvgIpc) is 3.14. The van der Waals surface area contributed by atoms with E-state index in [1.807, 2.05) is 22.8 Å². The molecule has 3 heterocycles. The molecule has 8 heteroatoms. The van der Waals surface area contributed by atoms with Gasteiger partial charge in [0.15, 0.2) is 17.3 Å². The third-order valence-electron chi connectivity index (χ3n) is 4.62. The number of halogens is 1. The minimum Gasteiger partial charge on any atom is -0.508 e. The third-order valence-corrected chi connectivity index (χ3v) is 4.83. The first-order valence-corrected chi connectivity index (χ1v) is 9.77. The number of phenolic OH excluding ortho intramolecular Hbond substituents is 1. The molecule has 29 heavy (non-hydrogen) atoms. The molecule has 3 aromatic heterocycles. The van der Waals surface area contributed by atoms with Crippen molar-refractivity contribution >= 4 is 28.6 Å². The highest BCUT2D eigenvalue weighted by Gasteiger charge is 2.16. The van der Waals surface area contributed by atoms with E-state index in [4.69, 9.17) is 16.6 Å². The molecule has 7 nitrogen and oxygen atoms in total. The number of hydrogen-bond donors (Lipinski definition) is 2. The molecule has 0 saturated heterocycles. The second kappa shape index (κ2) is 8.05. The minimum absolute atomic E-state index is 0.203. The van der Waals surface area contributed by atoms with Gasteiger partial charge in [-0.1, -0.05) is 29.8 Å². The maximum atomic E-state index is 9.97. The van der Waals surface area contributed by atoms with Gasteiger partial charge in [0.1, 0.15) is 11.3 Å². The number of anilines is 1. The van der Waals surface area contributed by atoms with Crippen molar-refractivity contribution in [3.8, 4) is 17.1 Å². The summed E-state index contributed by atoms with van der Waals surface area (Å²) in [6, 6.07) is 9.30. The van der Waals surface area contributed by atoms with Crippen LogP contribution in [0, 0.1) is 0 Å². The summed E-state index contributed by atoms with van der Waals surface area (Å²) in [5.41, 5.74) is 3.06. The average molecular weight is 409 g/mol. The van der Waals surface area contributed by atoms with Gasteiger partial charge in [0.25, 0.3) is 0 Å². The number of aromatic nitrogens is 5. The van der Waals surface area contributed by atoms with Gasteiger partial charge in [-0.15, -0.1) is 0 Å². The molecule has 0 spiro atoms. The lowest BCUT2D eigenvalue weighted by Gasteiger charge is -2.11. The van der Waals surface area contributed by atoms with Gasteiger partial charge >= 0.3 is 0 Å². The molecule has 0 aliphatic carbocycles. The number of para-hydroxylation sites is 1. The van der Waals surface area contributed by atoms with Gasteiger partial charge in [0.05, 0.1) is 11.3 Å². The molecule has 0 bridgehead atoms. The second-order valence-electron chi connectivity index (χ2n) is 7.01. The minimum atomic E-state index is 0.203. The Morgan fingerprint density at radius 2 is 2.00 bits per heavy atom. The summed E-state index contributed by atoms with van der Waals surface area (Å²) >= 11 is 6.10. The number of rotatable bonds is 6. The van der Waals surface area contributed by atoms with Gasteiger partial charge in [0, 0.05) is 30.5 Å². The predicted molar refractivity (Wildman–Crippen MR) is 114 cm³/mol. The maximum absolute atomic E-state index is 9.97. The monoisotopic (exact) mass is 408 g/mol. The number of nitrogens with zero attached hydrogens (tertiary/aromatic N) is 5. The van der Waals surface area contributed by atoms with Crippen LogP contribution in [0.4, 0.5) is 5.82 Å². The Bertz CT molecular complexity index is 1160. The van der Waals surface area contributed by atoms with E-state index >= 15 is 0 Å². The lowest BCUT2D eigenvalue weighted by molar-refractivity contribution is 0.468. The van der Waals surface area contributed by atoms with E-state index in [1.54, 1.807) is 30.9 Å². The van der Waals surface area contributed by atoms with Gasteiger partial charge in [-0.05, 0) is 38.0 Å². The molecule has 1 aromatic carbocycles. The fraction of sp³-hybridized carbons (Fsp3) is 0.238. The number of phenols is 1. The highest BCUT2D eigenvalue weighted by molar-refractivity contribution is 6.30. The first-order valence-electron chi connectivity index (χ1n) is 9.39. The van der Waals surface area contributed by atoms with Crippen LogP contribution in [0.3, 0.4) is 0 Å². The molecule has 0 aliphatic rings. The molecule has 4 aromatic rings. The molecule has 0 amide bonds. The van der Waals surface area contributed by atoms with E-state index < -0.39 is 0 Å². The number of nitrogens with one attached hydrogen (secondary N) is 1. The van der Waals surface area contributed by atoms with E-state index in [-0.39, 0.29) is 11.8 Å². The molecule has 2 N–H and O–H groups in total. The highest BCUT2D eigenvalue weighted by atomic mass is 35.5. The maximum Gasteiger partial charge on any atom is 0.166 e. The normalized spacial score (nSPS) is 11.3. The van der Waals surface area contributed by atoms with Crippen molar-refractivity contribution in [2.24, 2.45) is 0 Å². The zero-order valence-corrected chi connectivity index (χ0v) is 16.9. The fourth-order valence-electron chi connectivity index (χ4n) is 3.12. The molecule has 148 valence electrons. The Kier molecular flexibility index (Phi) is 5.31. The Morgan fingerprint density at radius 1 is 1.17 bits per heavy atom. The van der Waals surface area contributed by atoms with Crippen molar-refractivity contribution in [1.82, 2.24) is 24.5 Å². The van der Waals surface area contributed by atoms with Gasteiger partial charge in [-0.25, -0.2) is 15.0 Å². The Hall–Kier alpha value is -3.19. The van der Waals surface area contributed by atoms with Crippen molar-refractivity contribution in [3.63, 3.8) is 0 Å². The molecule has 0 aliphatic heterocycles. The molecular weight excluding hydrogens is 388 g/mol. The van der Waals surface area contributed by atoms with E-state index in [2.05, 4.69) is 34.1 Å². The number of hydrogen-bond acceptors (Lipinski definition) is 6. The zero-order chi connectivity index (χ0) is 20.4. The van der Waals surface area contributed by atoms with Crippen LogP contribution in [0.5, 0.6) is 5.75 Å². The molecule has 0 radical (unpaired) electrons. The van der Waals surface area contributed by atoms with Crippen LogP contribution in [-0.2, 0) is 6.42 Å². The lowest BCUT2D eigenvalue weighted by atomic mass is 10.1. The third kappa shape index (κ3) is 4.00. The summed E-state index contributed by atoms with van der Waals surface area (Å²) in [4.78, 5) is 18.1. The highest BCUT2D eigenvalue weighted by Crippen LogP contribution is 2.27. The zero-order valence-electron chi connectivity index (χ0n) is 16.2. The first kappa shape index (κ1) is 19.1. The summed E-state index contributed by atoms with van der Waals surface area (Å²) in [7, 11) is 0. The van der Waals surface area contributed by atoms with Crippen molar-refractivity contribution in [2.75, 3.05) is 11.9 Å². The van der Waals surface area contributed by atoms with Gasteiger partial charge in [-0.2, -0.15) is 0 Å². The summed E-state index contributed by atoms with van der Waals surface area (Å²) in [5.74, 6) is 1.46. The van der Waals surface area contributed by atoms with E-state index in [0.717, 1.165) is 16.8 Å². The van der Waals surface area contributed by atoms with E-state index in [0.29, 0.717) is 35.1 Å². The van der Waals surface area contributed by atoms with Gasteiger partial charge in [0.2, 0.25) is 0 Å². The van der Waals surface area contributed by atoms with E-state index in [9.17, 15) is 5.11 Å². The van der Waals surface area contributed by atoms with Crippen LogP contribution < -0.4 is 5.32 Å². The van der Waals surface area contributed by atoms with Crippen molar-refractivity contribution in [1.29, 1.82) is 0 Å². The van der Waals surface area contributed by atoms with Crippen LogP contribution in [0.1, 0.15) is 25.5 Å². The lowest BCUT2D eigenvalue weighted by Crippen LogP contribution is -2.09. The molecule has 0 saturated carbocycles. The topological polar surface area (TPSA) is 88.8 Å². The quantitative estimate of drug-likeness (QED) is 0.489. The van der Waals surface area contributed by atoms with Crippen LogP contribution in [0.2, 0.25) is 5.02 Å². The number of benzene rings is 1. The smallest absolute Gasteiger partial charge is 0.166 e. The first-order chi connectivity index (χ1) is 14.0. The summed E-state index contributed by atoms with van der Waals surface area (Å²) < 4.78 is 2.01. The van der Waals surface area contributed by atoms with Crippen molar-refractivity contribution in [2.45, 2.75) is 26.3 Å². The van der Waals surface area contributed by atoms with Crippen LogP contribution in [-0.4, -0.2) is 36.2 Å². The van der Waals surface area contributed by atoms with Gasteiger partial charge < -0.3 is 15.0 Å². The van der Waals surface area contributed by atoms with Crippen LogP contribution in [0.25, 0.3) is 22.6 Å². The Morgan fingerprint density at radius 3 is 2.76 bits per heavy atom. The standard InChI is InChI=1S/C21H21ClN6O/c1-13(2)28-12-25-18-20(24-8-7-14-5-3-4-6-17(14)29)26-19(27-21(18)28)15-9-16(22)11-23-10-15/h3-6,9-13,29H,7-8H2,1-2H3,(H,24,26,27).